The van der Waals surface area contributed by atoms with E-state index in [2.05, 4.69) is 5.32 Å². The van der Waals surface area contributed by atoms with Crippen LogP contribution in [0.2, 0.25) is 0 Å². The van der Waals surface area contributed by atoms with E-state index in [1.54, 1.807) is 19.9 Å². The number of hydrogen-bond acceptors (Lipinski definition) is 2. The Morgan fingerprint density at radius 2 is 2.00 bits per heavy atom. The van der Waals surface area contributed by atoms with Gasteiger partial charge >= 0.3 is 6.18 Å². The van der Waals surface area contributed by atoms with Gasteiger partial charge < -0.3 is 10.4 Å². The lowest BCUT2D eigenvalue weighted by atomic mass is 9.98. The SMILES string of the molecule is CC(CO)NC(=O)C(C)Cc1cccc(C(F)(F)F)c1. The smallest absolute Gasteiger partial charge is 0.394 e. The number of hydrogen-bond donors (Lipinski definition) is 2. The van der Waals surface area contributed by atoms with Crippen LogP contribution in [0.5, 0.6) is 0 Å². The summed E-state index contributed by atoms with van der Waals surface area (Å²) >= 11 is 0. The van der Waals surface area contributed by atoms with E-state index in [0.717, 1.165) is 12.1 Å². The molecule has 2 atom stereocenters. The first-order valence-corrected chi connectivity index (χ1v) is 6.31. The first kappa shape index (κ1) is 16.5. The summed E-state index contributed by atoms with van der Waals surface area (Å²) in [6.07, 6.45) is -4.17. The van der Waals surface area contributed by atoms with Gasteiger partial charge in [-0.1, -0.05) is 25.1 Å². The van der Waals surface area contributed by atoms with Crippen molar-refractivity contribution < 1.29 is 23.1 Å². The number of nitrogens with one attached hydrogen (secondary N) is 1. The number of rotatable bonds is 5. The van der Waals surface area contributed by atoms with Gasteiger partial charge in [0.2, 0.25) is 5.91 Å². The monoisotopic (exact) mass is 289 g/mol. The van der Waals surface area contributed by atoms with Crippen LogP contribution in [-0.2, 0) is 17.4 Å². The Balaban J connectivity index is 2.71. The molecule has 0 aromatic heterocycles. The Morgan fingerprint density at radius 3 is 2.55 bits per heavy atom. The molecule has 6 heteroatoms. The van der Waals surface area contributed by atoms with Gasteiger partial charge in [-0.2, -0.15) is 13.2 Å². The van der Waals surface area contributed by atoms with Crippen molar-refractivity contribution in [2.45, 2.75) is 32.5 Å². The van der Waals surface area contributed by atoms with Gasteiger partial charge in [0.25, 0.3) is 0 Å². The number of benzene rings is 1. The second-order valence-electron chi connectivity index (χ2n) is 4.90. The number of alkyl halides is 3. The molecule has 1 aromatic rings. The number of carbonyl (C=O) groups is 1. The maximum absolute atomic E-state index is 12.6. The summed E-state index contributed by atoms with van der Waals surface area (Å²) in [4.78, 5) is 11.8. The summed E-state index contributed by atoms with van der Waals surface area (Å²) in [6, 6.07) is 4.58. The lowest BCUT2D eigenvalue weighted by Crippen LogP contribution is -2.38. The normalized spacial score (nSPS) is 14.7. The van der Waals surface area contributed by atoms with Crippen LogP contribution in [0.1, 0.15) is 25.0 Å². The zero-order valence-corrected chi connectivity index (χ0v) is 11.4. The van der Waals surface area contributed by atoms with Crippen LogP contribution in [0.25, 0.3) is 0 Å². The Labute approximate surface area is 115 Å². The summed E-state index contributed by atoms with van der Waals surface area (Å²) in [7, 11) is 0. The topological polar surface area (TPSA) is 49.3 Å². The first-order valence-electron chi connectivity index (χ1n) is 6.31. The summed E-state index contributed by atoms with van der Waals surface area (Å²) in [5.74, 6) is -0.753. The summed E-state index contributed by atoms with van der Waals surface area (Å²) in [5, 5.41) is 11.4. The minimum absolute atomic E-state index is 0.179. The van der Waals surface area contributed by atoms with Gasteiger partial charge in [0.15, 0.2) is 0 Å². The molecule has 0 spiro atoms. The summed E-state index contributed by atoms with van der Waals surface area (Å²) in [5.41, 5.74) is -0.259. The number of halogens is 3. The first-order chi connectivity index (χ1) is 9.24. The molecule has 112 valence electrons. The standard InChI is InChI=1S/C14H18F3NO2/c1-9(13(20)18-10(2)8-19)6-11-4-3-5-12(7-11)14(15,16)17/h3-5,7,9-10,19H,6,8H2,1-2H3,(H,18,20). The van der Waals surface area contributed by atoms with Crippen molar-refractivity contribution in [2.75, 3.05) is 6.61 Å². The van der Waals surface area contributed by atoms with Gasteiger partial charge in [0.1, 0.15) is 0 Å². The van der Waals surface area contributed by atoms with Gasteiger partial charge in [-0.3, -0.25) is 4.79 Å². The van der Waals surface area contributed by atoms with E-state index in [1.807, 2.05) is 0 Å². The predicted octanol–water partition coefficient (Wildman–Crippen LogP) is 2.38. The van der Waals surface area contributed by atoms with Crippen LogP contribution in [0.3, 0.4) is 0 Å². The Morgan fingerprint density at radius 1 is 1.35 bits per heavy atom. The minimum atomic E-state index is -4.38. The fourth-order valence-corrected chi connectivity index (χ4v) is 1.75. The van der Waals surface area contributed by atoms with Gasteiger partial charge in [0.05, 0.1) is 12.2 Å². The van der Waals surface area contributed by atoms with Crippen LogP contribution >= 0.6 is 0 Å². The molecule has 0 saturated carbocycles. The zero-order valence-electron chi connectivity index (χ0n) is 11.4. The second-order valence-corrected chi connectivity index (χ2v) is 4.90. The van der Waals surface area contributed by atoms with E-state index in [-0.39, 0.29) is 25.0 Å². The highest BCUT2D eigenvalue weighted by molar-refractivity contribution is 5.78. The largest absolute Gasteiger partial charge is 0.416 e. The van der Waals surface area contributed by atoms with E-state index in [0.29, 0.717) is 5.56 Å². The predicted molar refractivity (Wildman–Crippen MR) is 69.0 cm³/mol. The second kappa shape index (κ2) is 6.74. The van der Waals surface area contributed by atoms with Gasteiger partial charge in [0, 0.05) is 12.0 Å². The molecule has 0 radical (unpaired) electrons. The maximum Gasteiger partial charge on any atom is 0.416 e. The van der Waals surface area contributed by atoms with Gasteiger partial charge in [-0.25, -0.2) is 0 Å². The van der Waals surface area contributed by atoms with E-state index < -0.39 is 17.7 Å². The van der Waals surface area contributed by atoms with E-state index >= 15 is 0 Å². The molecule has 2 N–H and O–H groups in total. The van der Waals surface area contributed by atoms with E-state index in [4.69, 9.17) is 5.11 Å². The van der Waals surface area contributed by atoms with Crippen LogP contribution in [-0.4, -0.2) is 23.7 Å². The van der Waals surface area contributed by atoms with Crippen molar-refractivity contribution in [1.82, 2.24) is 5.32 Å². The summed E-state index contributed by atoms with van der Waals surface area (Å²) < 4.78 is 37.7. The average Bonchev–Trinajstić information content (AvgIpc) is 2.37. The Hall–Kier alpha value is -1.56. The van der Waals surface area contributed by atoms with Crippen molar-refractivity contribution in [1.29, 1.82) is 0 Å². The fraction of sp³-hybridized carbons (Fsp3) is 0.500. The molecular formula is C14H18F3NO2. The van der Waals surface area contributed by atoms with Crippen molar-refractivity contribution in [3.8, 4) is 0 Å². The lowest BCUT2D eigenvalue weighted by molar-refractivity contribution is -0.137. The maximum atomic E-state index is 12.6. The number of carbonyl (C=O) groups excluding carboxylic acids is 1. The van der Waals surface area contributed by atoms with Crippen molar-refractivity contribution in [3.63, 3.8) is 0 Å². The van der Waals surface area contributed by atoms with Crippen molar-refractivity contribution >= 4 is 5.91 Å². The molecule has 0 bridgehead atoms. The highest BCUT2D eigenvalue weighted by Gasteiger charge is 2.30. The van der Waals surface area contributed by atoms with E-state index in [9.17, 15) is 18.0 Å². The number of aliphatic hydroxyl groups is 1. The van der Waals surface area contributed by atoms with Gasteiger partial charge in [-0.05, 0) is 25.0 Å². The molecule has 0 fully saturated rings. The highest BCUT2D eigenvalue weighted by atomic mass is 19.4. The number of amides is 1. The third-order valence-electron chi connectivity index (χ3n) is 2.91. The van der Waals surface area contributed by atoms with Crippen LogP contribution < -0.4 is 5.32 Å². The Bertz CT molecular complexity index is 460. The van der Waals surface area contributed by atoms with Crippen molar-refractivity contribution in [3.05, 3.63) is 35.4 Å². The third-order valence-corrected chi connectivity index (χ3v) is 2.91. The average molecular weight is 289 g/mol. The molecule has 0 aliphatic carbocycles. The third kappa shape index (κ3) is 4.85. The van der Waals surface area contributed by atoms with Crippen LogP contribution in [0, 0.1) is 5.92 Å². The minimum Gasteiger partial charge on any atom is -0.394 e. The van der Waals surface area contributed by atoms with Crippen LogP contribution in [0.15, 0.2) is 24.3 Å². The van der Waals surface area contributed by atoms with E-state index in [1.165, 1.54) is 6.07 Å². The molecule has 1 rings (SSSR count). The molecule has 0 aliphatic rings. The molecular weight excluding hydrogens is 271 g/mol. The molecule has 20 heavy (non-hydrogen) atoms. The molecule has 1 aromatic carbocycles. The fourth-order valence-electron chi connectivity index (χ4n) is 1.75. The lowest BCUT2D eigenvalue weighted by Gasteiger charge is -2.16. The van der Waals surface area contributed by atoms with Crippen LogP contribution in [0.4, 0.5) is 13.2 Å². The highest BCUT2D eigenvalue weighted by Crippen LogP contribution is 2.29. The molecule has 1 amide bonds. The molecule has 0 heterocycles. The molecule has 3 nitrogen and oxygen atoms in total. The quantitative estimate of drug-likeness (QED) is 0.874. The molecule has 0 saturated heterocycles. The molecule has 0 aliphatic heterocycles. The Kier molecular flexibility index (Phi) is 5.56. The van der Waals surface area contributed by atoms with Gasteiger partial charge in [-0.15, -0.1) is 0 Å². The molecule has 2 unspecified atom stereocenters. The number of aliphatic hydroxyl groups excluding tert-OH is 1. The zero-order chi connectivity index (χ0) is 15.3. The van der Waals surface area contributed by atoms with Crippen molar-refractivity contribution in [2.24, 2.45) is 5.92 Å². The summed E-state index contributed by atoms with van der Waals surface area (Å²) in [6.45, 7) is 3.11.